The predicted octanol–water partition coefficient (Wildman–Crippen LogP) is 1.91. The van der Waals surface area contributed by atoms with Crippen LogP contribution in [0.15, 0.2) is 12.3 Å². The van der Waals surface area contributed by atoms with Crippen LogP contribution in [0, 0.1) is 0 Å². The maximum atomic E-state index is 12.9. The van der Waals surface area contributed by atoms with Crippen molar-refractivity contribution in [2.75, 3.05) is 30.8 Å². The number of ether oxygens (including phenoxy) is 1. The number of hydrogen-bond acceptors (Lipinski definition) is 4. The molecule has 0 saturated carbocycles. The summed E-state index contributed by atoms with van der Waals surface area (Å²) in [7, 11) is 1.55. The standard InChI is InChI=1S/C11H14F3N3O/c1-18-8-2-3-17(6-8)10-9(11(12,13)14)4-7(15)5-16-10/h4-5,8H,2-3,6,15H2,1H3. The summed E-state index contributed by atoms with van der Waals surface area (Å²) in [6, 6.07) is 0.919. The number of anilines is 2. The second kappa shape index (κ2) is 4.64. The molecule has 2 heterocycles. The number of alkyl halides is 3. The molecule has 0 amide bonds. The van der Waals surface area contributed by atoms with Crippen LogP contribution in [0.5, 0.6) is 0 Å². The lowest BCUT2D eigenvalue weighted by Gasteiger charge is -2.21. The Balaban J connectivity index is 2.33. The summed E-state index contributed by atoms with van der Waals surface area (Å²) >= 11 is 0. The van der Waals surface area contributed by atoms with Gasteiger partial charge in [0.05, 0.1) is 18.0 Å². The molecule has 0 spiro atoms. The van der Waals surface area contributed by atoms with Gasteiger partial charge in [0.15, 0.2) is 0 Å². The largest absolute Gasteiger partial charge is 0.420 e. The summed E-state index contributed by atoms with van der Waals surface area (Å²) in [5.41, 5.74) is 4.59. The van der Waals surface area contributed by atoms with Crippen molar-refractivity contribution in [3.8, 4) is 0 Å². The number of hydrogen-bond donors (Lipinski definition) is 1. The van der Waals surface area contributed by atoms with Gasteiger partial charge >= 0.3 is 6.18 Å². The lowest BCUT2D eigenvalue weighted by atomic mass is 10.2. The van der Waals surface area contributed by atoms with Crippen molar-refractivity contribution in [2.24, 2.45) is 0 Å². The Morgan fingerprint density at radius 1 is 1.50 bits per heavy atom. The Bertz CT molecular complexity index is 436. The molecule has 1 atom stereocenters. The van der Waals surface area contributed by atoms with Gasteiger partial charge in [0, 0.05) is 20.2 Å². The molecule has 1 unspecified atom stereocenters. The molecule has 1 aliphatic heterocycles. The van der Waals surface area contributed by atoms with Crippen molar-refractivity contribution in [1.82, 2.24) is 4.98 Å². The molecule has 4 nitrogen and oxygen atoms in total. The zero-order chi connectivity index (χ0) is 13.3. The first kappa shape index (κ1) is 12.9. The zero-order valence-electron chi connectivity index (χ0n) is 9.87. The van der Waals surface area contributed by atoms with Crippen molar-refractivity contribution in [3.63, 3.8) is 0 Å². The molecule has 1 aliphatic rings. The first-order valence-electron chi connectivity index (χ1n) is 5.52. The van der Waals surface area contributed by atoms with Gasteiger partial charge in [0.1, 0.15) is 11.4 Å². The fourth-order valence-corrected chi connectivity index (χ4v) is 2.05. The zero-order valence-corrected chi connectivity index (χ0v) is 9.87. The van der Waals surface area contributed by atoms with Gasteiger partial charge in [0.25, 0.3) is 0 Å². The topological polar surface area (TPSA) is 51.4 Å². The molecule has 18 heavy (non-hydrogen) atoms. The first-order valence-corrected chi connectivity index (χ1v) is 5.52. The highest BCUT2D eigenvalue weighted by Gasteiger charge is 2.37. The van der Waals surface area contributed by atoms with Crippen LogP contribution in [0.3, 0.4) is 0 Å². The quantitative estimate of drug-likeness (QED) is 0.883. The second-order valence-corrected chi connectivity index (χ2v) is 4.23. The van der Waals surface area contributed by atoms with Crippen molar-refractivity contribution in [3.05, 3.63) is 17.8 Å². The number of methoxy groups -OCH3 is 1. The van der Waals surface area contributed by atoms with Gasteiger partial charge in [-0.3, -0.25) is 0 Å². The Kier molecular flexibility index (Phi) is 3.34. The van der Waals surface area contributed by atoms with Gasteiger partial charge in [-0.05, 0) is 12.5 Å². The third-order valence-corrected chi connectivity index (χ3v) is 2.97. The van der Waals surface area contributed by atoms with Gasteiger partial charge in [-0.25, -0.2) is 4.98 Å². The van der Waals surface area contributed by atoms with E-state index in [1.165, 1.54) is 6.20 Å². The van der Waals surface area contributed by atoms with Crippen LogP contribution in [0.2, 0.25) is 0 Å². The Morgan fingerprint density at radius 2 is 2.22 bits per heavy atom. The highest BCUT2D eigenvalue weighted by molar-refractivity contribution is 5.55. The third kappa shape index (κ3) is 2.50. The summed E-state index contributed by atoms with van der Waals surface area (Å²) in [5.74, 6) is -0.0729. The smallest absolute Gasteiger partial charge is 0.397 e. The van der Waals surface area contributed by atoms with E-state index < -0.39 is 11.7 Å². The van der Waals surface area contributed by atoms with E-state index in [-0.39, 0.29) is 17.6 Å². The summed E-state index contributed by atoms with van der Waals surface area (Å²) in [6.07, 6.45) is -2.57. The van der Waals surface area contributed by atoms with Gasteiger partial charge in [-0.15, -0.1) is 0 Å². The summed E-state index contributed by atoms with van der Waals surface area (Å²) < 4.78 is 43.9. The molecular formula is C11H14F3N3O. The van der Waals surface area contributed by atoms with Crippen LogP contribution in [-0.2, 0) is 10.9 Å². The molecule has 100 valence electrons. The van der Waals surface area contributed by atoms with E-state index in [4.69, 9.17) is 10.5 Å². The number of halogens is 3. The molecule has 0 bridgehead atoms. The molecule has 0 radical (unpaired) electrons. The van der Waals surface area contributed by atoms with E-state index in [0.717, 1.165) is 6.07 Å². The van der Waals surface area contributed by atoms with Gasteiger partial charge in [-0.2, -0.15) is 13.2 Å². The molecule has 7 heteroatoms. The van der Waals surface area contributed by atoms with Gasteiger partial charge < -0.3 is 15.4 Å². The lowest BCUT2D eigenvalue weighted by Crippen LogP contribution is -2.26. The van der Waals surface area contributed by atoms with Crippen molar-refractivity contribution in [1.29, 1.82) is 0 Å². The average Bonchev–Trinajstić information content (AvgIpc) is 2.76. The average molecular weight is 261 g/mol. The van der Waals surface area contributed by atoms with Crippen LogP contribution in [0.4, 0.5) is 24.7 Å². The minimum absolute atomic E-state index is 0.00793. The Hall–Kier alpha value is -1.50. The molecule has 0 aromatic carbocycles. The van der Waals surface area contributed by atoms with E-state index in [1.54, 1.807) is 12.0 Å². The summed E-state index contributed by atoms with van der Waals surface area (Å²) in [4.78, 5) is 5.40. The summed E-state index contributed by atoms with van der Waals surface area (Å²) in [6.45, 7) is 0.912. The van der Waals surface area contributed by atoms with E-state index in [2.05, 4.69) is 4.98 Å². The fraction of sp³-hybridized carbons (Fsp3) is 0.545. The van der Waals surface area contributed by atoms with Crippen LogP contribution >= 0.6 is 0 Å². The maximum Gasteiger partial charge on any atom is 0.420 e. The number of pyridine rings is 1. The third-order valence-electron chi connectivity index (χ3n) is 2.97. The Morgan fingerprint density at radius 3 is 2.78 bits per heavy atom. The maximum absolute atomic E-state index is 12.9. The molecule has 2 N–H and O–H groups in total. The number of aromatic nitrogens is 1. The molecule has 2 rings (SSSR count). The van der Waals surface area contributed by atoms with Crippen LogP contribution < -0.4 is 10.6 Å². The molecule has 1 aromatic heterocycles. The number of nitrogens with two attached hydrogens (primary N) is 1. The van der Waals surface area contributed by atoms with Crippen LogP contribution in [0.1, 0.15) is 12.0 Å². The highest BCUT2D eigenvalue weighted by atomic mass is 19.4. The van der Waals surface area contributed by atoms with E-state index in [1.807, 2.05) is 0 Å². The molecule has 1 fully saturated rings. The van der Waals surface area contributed by atoms with Gasteiger partial charge in [-0.1, -0.05) is 0 Å². The van der Waals surface area contributed by atoms with Gasteiger partial charge in [0.2, 0.25) is 0 Å². The minimum Gasteiger partial charge on any atom is -0.397 e. The monoisotopic (exact) mass is 261 g/mol. The summed E-state index contributed by atoms with van der Waals surface area (Å²) in [5, 5.41) is 0. The SMILES string of the molecule is COC1CCN(c2ncc(N)cc2C(F)(F)F)C1. The van der Waals surface area contributed by atoms with Crippen LogP contribution in [0.25, 0.3) is 0 Å². The molecule has 1 saturated heterocycles. The predicted molar refractivity (Wildman–Crippen MR) is 61.3 cm³/mol. The molecular weight excluding hydrogens is 247 g/mol. The van der Waals surface area contributed by atoms with Crippen molar-refractivity contribution in [2.45, 2.75) is 18.7 Å². The Labute approximate surface area is 103 Å². The molecule has 0 aliphatic carbocycles. The van der Waals surface area contributed by atoms with Crippen molar-refractivity contribution >= 4 is 11.5 Å². The second-order valence-electron chi connectivity index (χ2n) is 4.23. The number of nitrogen functional groups attached to an aromatic ring is 1. The fourth-order valence-electron chi connectivity index (χ4n) is 2.05. The minimum atomic E-state index is -4.46. The number of rotatable bonds is 2. The van der Waals surface area contributed by atoms with E-state index >= 15 is 0 Å². The lowest BCUT2D eigenvalue weighted by molar-refractivity contribution is -0.137. The molecule has 1 aromatic rings. The first-order chi connectivity index (χ1) is 8.41. The van der Waals surface area contributed by atoms with E-state index in [9.17, 15) is 13.2 Å². The van der Waals surface area contributed by atoms with E-state index in [0.29, 0.717) is 19.5 Å². The highest BCUT2D eigenvalue weighted by Crippen LogP contribution is 2.37. The van der Waals surface area contributed by atoms with Crippen LogP contribution in [-0.4, -0.2) is 31.3 Å². The normalized spacial score (nSPS) is 20.4. The van der Waals surface area contributed by atoms with Crippen molar-refractivity contribution < 1.29 is 17.9 Å². The number of nitrogens with zero attached hydrogens (tertiary/aromatic N) is 2.